The van der Waals surface area contributed by atoms with Gasteiger partial charge in [-0.15, -0.1) is 0 Å². The number of benzene rings is 2. The van der Waals surface area contributed by atoms with Crippen molar-refractivity contribution in [1.29, 1.82) is 0 Å². The molecule has 2 aromatic carbocycles. The zero-order chi connectivity index (χ0) is 14.0. The minimum absolute atomic E-state index is 0.0789. The predicted molar refractivity (Wildman–Crippen MR) is 76.5 cm³/mol. The third-order valence-corrected chi connectivity index (χ3v) is 3.68. The molecule has 2 aromatic rings. The molecule has 5 heteroatoms. The van der Waals surface area contributed by atoms with Crippen molar-refractivity contribution in [3.8, 4) is 0 Å². The van der Waals surface area contributed by atoms with E-state index in [1.807, 2.05) is 0 Å². The molecule has 0 bridgehead atoms. The summed E-state index contributed by atoms with van der Waals surface area (Å²) in [6, 6.07) is 9.22. The molecule has 0 aliphatic carbocycles. The van der Waals surface area contributed by atoms with E-state index in [0.717, 1.165) is 0 Å². The number of hydrogen-bond acceptors (Lipinski definition) is 1. The SMILES string of the molecule is OC(Cc1ccc(Cl)cc1Cl)c1c(F)cccc1Cl. The summed E-state index contributed by atoms with van der Waals surface area (Å²) in [5.74, 6) is -0.537. The van der Waals surface area contributed by atoms with Gasteiger partial charge in [-0.05, 0) is 29.8 Å². The molecule has 19 heavy (non-hydrogen) atoms. The average Bonchev–Trinajstić information content (AvgIpc) is 2.32. The standard InChI is InChI=1S/C14H10Cl3FO/c15-9-5-4-8(11(17)7-9)6-13(19)14-10(16)2-1-3-12(14)18/h1-5,7,13,19H,6H2. The maximum atomic E-state index is 13.7. The Hall–Kier alpha value is -0.800. The maximum absolute atomic E-state index is 13.7. The van der Waals surface area contributed by atoms with E-state index >= 15 is 0 Å². The molecule has 0 radical (unpaired) electrons. The normalized spacial score (nSPS) is 12.5. The van der Waals surface area contributed by atoms with Crippen LogP contribution in [-0.2, 0) is 6.42 Å². The van der Waals surface area contributed by atoms with Gasteiger partial charge < -0.3 is 5.11 Å². The first-order chi connectivity index (χ1) is 8.99. The van der Waals surface area contributed by atoms with Crippen molar-refractivity contribution in [2.45, 2.75) is 12.5 Å². The van der Waals surface area contributed by atoms with Crippen LogP contribution in [-0.4, -0.2) is 5.11 Å². The second kappa shape index (κ2) is 6.10. The van der Waals surface area contributed by atoms with Gasteiger partial charge in [0.05, 0.1) is 6.10 Å². The first kappa shape index (κ1) is 14.6. The highest BCUT2D eigenvalue weighted by Gasteiger charge is 2.18. The van der Waals surface area contributed by atoms with Gasteiger partial charge in [0.2, 0.25) is 0 Å². The highest BCUT2D eigenvalue weighted by atomic mass is 35.5. The lowest BCUT2D eigenvalue weighted by molar-refractivity contribution is 0.174. The summed E-state index contributed by atoms with van der Waals surface area (Å²) in [7, 11) is 0. The molecular weight excluding hydrogens is 310 g/mol. The number of halogens is 4. The van der Waals surface area contributed by atoms with Crippen LogP contribution in [0.25, 0.3) is 0 Å². The second-order valence-electron chi connectivity index (χ2n) is 4.09. The highest BCUT2D eigenvalue weighted by molar-refractivity contribution is 6.35. The number of rotatable bonds is 3. The Bertz CT molecular complexity index is 581. The Morgan fingerprint density at radius 2 is 1.79 bits per heavy atom. The Balaban J connectivity index is 2.28. The van der Waals surface area contributed by atoms with E-state index in [0.29, 0.717) is 15.6 Å². The minimum atomic E-state index is -1.06. The zero-order valence-electron chi connectivity index (χ0n) is 9.71. The van der Waals surface area contributed by atoms with Crippen LogP contribution in [0.1, 0.15) is 17.2 Å². The van der Waals surface area contributed by atoms with E-state index < -0.39 is 11.9 Å². The molecule has 1 nitrogen and oxygen atoms in total. The molecule has 1 atom stereocenters. The minimum Gasteiger partial charge on any atom is -0.388 e. The van der Waals surface area contributed by atoms with Gasteiger partial charge in [0.25, 0.3) is 0 Å². The van der Waals surface area contributed by atoms with Crippen LogP contribution in [0, 0.1) is 5.82 Å². The molecule has 0 saturated carbocycles. The summed E-state index contributed by atoms with van der Waals surface area (Å²) < 4.78 is 13.7. The third-order valence-electron chi connectivity index (χ3n) is 2.76. The van der Waals surface area contributed by atoms with Crippen LogP contribution < -0.4 is 0 Å². The largest absolute Gasteiger partial charge is 0.388 e. The van der Waals surface area contributed by atoms with Gasteiger partial charge in [-0.3, -0.25) is 0 Å². The number of aliphatic hydroxyl groups is 1. The molecule has 100 valence electrons. The number of hydrogen-bond donors (Lipinski definition) is 1. The lowest BCUT2D eigenvalue weighted by atomic mass is 10.0. The average molecular weight is 320 g/mol. The monoisotopic (exact) mass is 318 g/mol. The van der Waals surface area contributed by atoms with Crippen molar-refractivity contribution in [1.82, 2.24) is 0 Å². The molecule has 0 aliphatic rings. The van der Waals surface area contributed by atoms with Gasteiger partial charge in [-0.25, -0.2) is 4.39 Å². The molecule has 0 aliphatic heterocycles. The van der Waals surface area contributed by atoms with E-state index in [-0.39, 0.29) is 17.0 Å². The van der Waals surface area contributed by atoms with Gasteiger partial charge in [0.15, 0.2) is 0 Å². The van der Waals surface area contributed by atoms with Gasteiger partial charge in [0, 0.05) is 27.1 Å². The summed E-state index contributed by atoms with van der Waals surface area (Å²) in [5.41, 5.74) is 0.757. The van der Waals surface area contributed by atoms with Crippen molar-refractivity contribution < 1.29 is 9.50 Å². The Labute approximate surface area is 125 Å². The van der Waals surface area contributed by atoms with Gasteiger partial charge in [-0.2, -0.15) is 0 Å². The summed E-state index contributed by atoms with van der Waals surface area (Å²) >= 11 is 17.7. The fourth-order valence-corrected chi connectivity index (χ4v) is 2.60. The second-order valence-corrected chi connectivity index (χ2v) is 5.34. The lowest BCUT2D eigenvalue weighted by Crippen LogP contribution is -2.05. The summed E-state index contributed by atoms with van der Waals surface area (Å²) in [4.78, 5) is 0. The topological polar surface area (TPSA) is 20.2 Å². The van der Waals surface area contributed by atoms with Crippen LogP contribution in [0.4, 0.5) is 4.39 Å². The fourth-order valence-electron chi connectivity index (χ4n) is 1.83. The molecule has 1 N–H and O–H groups in total. The van der Waals surface area contributed by atoms with Crippen LogP contribution in [0.5, 0.6) is 0 Å². The van der Waals surface area contributed by atoms with Crippen molar-refractivity contribution in [3.05, 3.63) is 68.4 Å². The zero-order valence-corrected chi connectivity index (χ0v) is 12.0. The van der Waals surface area contributed by atoms with Crippen LogP contribution in [0.2, 0.25) is 15.1 Å². The van der Waals surface area contributed by atoms with Gasteiger partial charge in [0.1, 0.15) is 5.82 Å². The van der Waals surface area contributed by atoms with E-state index in [4.69, 9.17) is 34.8 Å². The molecule has 0 heterocycles. The van der Waals surface area contributed by atoms with E-state index in [1.165, 1.54) is 18.2 Å². The molecule has 2 rings (SSSR count). The van der Waals surface area contributed by atoms with E-state index in [1.54, 1.807) is 18.2 Å². The van der Waals surface area contributed by atoms with E-state index in [9.17, 15) is 9.50 Å². The van der Waals surface area contributed by atoms with E-state index in [2.05, 4.69) is 0 Å². The van der Waals surface area contributed by atoms with Crippen LogP contribution >= 0.6 is 34.8 Å². The van der Waals surface area contributed by atoms with Gasteiger partial charge >= 0.3 is 0 Å². The molecular formula is C14H10Cl3FO. The first-order valence-electron chi connectivity index (χ1n) is 5.55. The predicted octanol–water partition coefficient (Wildman–Crippen LogP) is 5.06. The molecule has 0 saturated heterocycles. The van der Waals surface area contributed by atoms with Crippen LogP contribution in [0.3, 0.4) is 0 Å². The molecule has 0 spiro atoms. The first-order valence-corrected chi connectivity index (χ1v) is 6.68. The van der Waals surface area contributed by atoms with Crippen LogP contribution in [0.15, 0.2) is 36.4 Å². The molecule has 0 aromatic heterocycles. The lowest BCUT2D eigenvalue weighted by Gasteiger charge is -2.14. The smallest absolute Gasteiger partial charge is 0.130 e. The molecule has 1 unspecified atom stereocenters. The Morgan fingerprint density at radius 1 is 1.05 bits per heavy atom. The summed E-state index contributed by atoms with van der Waals surface area (Å²) in [6.07, 6.45) is -0.899. The Morgan fingerprint density at radius 3 is 2.42 bits per heavy atom. The summed E-state index contributed by atoms with van der Waals surface area (Å²) in [6.45, 7) is 0. The molecule has 0 fully saturated rings. The van der Waals surface area contributed by atoms with Crippen molar-refractivity contribution >= 4 is 34.8 Å². The maximum Gasteiger partial charge on any atom is 0.130 e. The quantitative estimate of drug-likeness (QED) is 0.838. The van der Waals surface area contributed by atoms with Crippen molar-refractivity contribution in [3.63, 3.8) is 0 Å². The fraction of sp³-hybridized carbons (Fsp3) is 0.143. The van der Waals surface area contributed by atoms with Gasteiger partial charge in [-0.1, -0.05) is 46.9 Å². The van der Waals surface area contributed by atoms with Crippen molar-refractivity contribution in [2.24, 2.45) is 0 Å². The third kappa shape index (κ3) is 3.40. The Kier molecular flexibility index (Phi) is 4.69. The molecule has 0 amide bonds. The highest BCUT2D eigenvalue weighted by Crippen LogP contribution is 2.30. The van der Waals surface area contributed by atoms with Crippen molar-refractivity contribution in [2.75, 3.05) is 0 Å². The number of aliphatic hydroxyl groups excluding tert-OH is 1. The summed E-state index contributed by atoms with van der Waals surface area (Å²) in [5, 5.41) is 11.2.